The van der Waals surface area contributed by atoms with Crippen LogP contribution in [0.1, 0.15) is 170 Å². The number of carbonyl (C=O) groups is 4. The Labute approximate surface area is 508 Å². The summed E-state index contributed by atoms with van der Waals surface area (Å²) in [6, 6.07) is 27.1. The number of alkyl halides is 10. The average molecular weight is 1240 g/mol. The van der Waals surface area contributed by atoms with E-state index in [2.05, 4.69) is 23.7 Å². The molecule has 18 heteroatoms. The molecule has 3 N–H and O–H groups in total. The zero-order valence-electron chi connectivity index (χ0n) is 48.9. The molecule has 8 nitrogen and oxygen atoms in total. The minimum Gasteiger partial charge on any atom is -0.478 e. The largest absolute Gasteiger partial charge is 0.478 e. The lowest BCUT2D eigenvalue weighted by Crippen LogP contribution is -2.65. The molecule has 0 spiro atoms. The van der Waals surface area contributed by atoms with E-state index in [4.69, 9.17) is 9.84 Å². The molecular weight excluding hydrogens is 1170 g/mol. The molecule has 0 unspecified atom stereocenters. The number of aliphatic hydroxyl groups is 2. The number of aromatic carboxylic acids is 1. The van der Waals surface area contributed by atoms with Gasteiger partial charge in [0.2, 0.25) is 0 Å². The van der Waals surface area contributed by atoms with Gasteiger partial charge in [-0.25, -0.2) is 9.59 Å². The number of methoxy groups -OCH3 is 1. The number of halogens is 10. The molecule has 0 aromatic heterocycles. The first-order chi connectivity index (χ1) is 41.9. The zero-order valence-corrected chi connectivity index (χ0v) is 48.9. The average Bonchev–Trinajstić information content (AvgIpc) is 1.62. The Bertz CT molecular complexity index is 3810. The number of ether oxygens (including phenoxy) is 1. The predicted molar refractivity (Wildman–Crippen MR) is 308 cm³/mol. The third-order valence-electron chi connectivity index (χ3n) is 21.3. The van der Waals surface area contributed by atoms with Crippen LogP contribution in [0.2, 0.25) is 0 Å². The molecule has 466 valence electrons. The number of esters is 1. The first-order valence-electron chi connectivity index (χ1n) is 29.9. The number of ketones is 2. The Morgan fingerprint density at radius 3 is 1.29 bits per heavy atom. The second-order valence-electron chi connectivity index (χ2n) is 25.6. The Balaban J connectivity index is 0.000000184. The van der Waals surface area contributed by atoms with Gasteiger partial charge in [0.1, 0.15) is 11.2 Å². The maximum absolute atomic E-state index is 15.2. The minimum atomic E-state index is -5.89. The molecule has 10 atom stereocenters. The van der Waals surface area contributed by atoms with Gasteiger partial charge in [-0.2, -0.15) is 43.9 Å². The Hall–Kier alpha value is -7.54. The highest BCUT2D eigenvalue weighted by molar-refractivity contribution is 5.94. The second-order valence-corrected chi connectivity index (χ2v) is 25.6. The van der Waals surface area contributed by atoms with Gasteiger partial charge in [-0.1, -0.05) is 79.0 Å². The molecule has 0 bridgehead atoms. The second kappa shape index (κ2) is 22.7. The van der Waals surface area contributed by atoms with E-state index in [9.17, 15) is 55.7 Å². The summed E-state index contributed by atoms with van der Waals surface area (Å²) in [5, 5.41) is 31.9. The first-order valence-corrected chi connectivity index (χ1v) is 29.9. The molecule has 0 saturated heterocycles. The third-order valence-corrected chi connectivity index (χ3v) is 21.3. The molecule has 0 amide bonds. The summed E-state index contributed by atoms with van der Waals surface area (Å²) in [6.07, 6.45) is -6.00. The summed E-state index contributed by atoms with van der Waals surface area (Å²) in [5.74, 6) is -2.68. The van der Waals surface area contributed by atoms with Crippen LogP contribution >= 0.6 is 0 Å². The van der Waals surface area contributed by atoms with E-state index in [0.29, 0.717) is 79.2 Å². The molecule has 0 aliphatic heterocycles. The highest BCUT2D eigenvalue weighted by Gasteiger charge is 2.80. The van der Waals surface area contributed by atoms with Gasteiger partial charge in [-0.15, -0.1) is 0 Å². The number of allylic oxidation sites excluding steroid dienone is 8. The molecule has 4 aromatic rings. The van der Waals surface area contributed by atoms with Crippen LogP contribution in [0.25, 0.3) is 0 Å². The number of carbonyl (C=O) groups excluding carboxylic acids is 3. The number of rotatable bonds is 6. The van der Waals surface area contributed by atoms with E-state index in [0.717, 1.165) is 44.6 Å². The van der Waals surface area contributed by atoms with Crippen LogP contribution in [0.3, 0.4) is 0 Å². The third kappa shape index (κ3) is 10.6. The minimum absolute atomic E-state index is 0.0283. The number of carboxylic acids is 1. The van der Waals surface area contributed by atoms with E-state index < -0.39 is 94.7 Å². The van der Waals surface area contributed by atoms with Gasteiger partial charge in [-0.3, -0.25) is 9.59 Å². The van der Waals surface area contributed by atoms with Gasteiger partial charge < -0.3 is 20.1 Å². The van der Waals surface area contributed by atoms with Crippen molar-refractivity contribution in [3.05, 3.63) is 187 Å². The van der Waals surface area contributed by atoms with E-state index in [1.807, 2.05) is 12.1 Å². The Morgan fingerprint density at radius 1 is 0.517 bits per heavy atom. The maximum atomic E-state index is 15.2. The molecule has 89 heavy (non-hydrogen) atoms. The monoisotopic (exact) mass is 1230 g/mol. The van der Waals surface area contributed by atoms with Gasteiger partial charge in [0.25, 0.3) is 0 Å². The fourth-order valence-corrected chi connectivity index (χ4v) is 16.9. The lowest BCUT2D eigenvalue weighted by atomic mass is 9.50. The molecule has 0 heterocycles. The fourth-order valence-electron chi connectivity index (χ4n) is 16.9. The molecule has 8 aliphatic rings. The molecule has 8 aliphatic carbocycles. The smallest absolute Gasteiger partial charge is 0.456 e. The van der Waals surface area contributed by atoms with Crippen molar-refractivity contribution in [2.75, 3.05) is 7.11 Å². The quantitative estimate of drug-likeness (QED) is 0.0986. The number of hydrogen-bond acceptors (Lipinski definition) is 7. The predicted octanol–water partition coefficient (Wildman–Crippen LogP) is 15.3. The van der Waals surface area contributed by atoms with Crippen molar-refractivity contribution >= 4 is 23.5 Å². The lowest BCUT2D eigenvalue weighted by Gasteiger charge is -2.56. The van der Waals surface area contributed by atoms with Crippen LogP contribution in [-0.2, 0) is 14.3 Å². The van der Waals surface area contributed by atoms with Gasteiger partial charge in [-0.05, 0) is 213 Å². The summed E-state index contributed by atoms with van der Waals surface area (Å²) >= 11 is 0. The molecule has 4 saturated carbocycles. The summed E-state index contributed by atoms with van der Waals surface area (Å²) in [7, 11) is 1.29. The molecule has 12 rings (SSSR count). The van der Waals surface area contributed by atoms with Crippen molar-refractivity contribution in [1.82, 2.24) is 0 Å². The number of fused-ring (bicyclic) bond motifs is 8. The van der Waals surface area contributed by atoms with Crippen molar-refractivity contribution < 1.29 is 83.1 Å². The van der Waals surface area contributed by atoms with Crippen LogP contribution < -0.4 is 0 Å². The first kappa shape index (κ1) is 63.0. The standard InChI is InChI=1S/C36H33F5O4.C35H31F5O4/c1-33-20-29(23-10-8-21(9-11-23)6-7-22-4-3-5-25(18-22)32(43)45-2)31-27-15-13-26(42)19-24(27)12-14-28(31)30(33)16-17-34(33,44)35(37,38)36(39,40)41;1-32-19-28(22-8-4-20(5-9-22)2-3-21-6-10-23(11-7-21)31(42)43)30-26-15-13-25(41)18-24(26)12-14-27(30)29(32)16-17-33(32,44)34(36,37)35(38,39)40/h3-5,8-11,18-19,28-30,44H,12-17,20H2,1-2H3;4-11,18,27-29,44H,12-17,19H2,1H3,(H,42,43)/t28-,29+,30-,33-,34-;27-,28+,29-,32-,33-/m00/s1. The Kier molecular flexibility index (Phi) is 16.1. The zero-order chi connectivity index (χ0) is 64.0. The van der Waals surface area contributed by atoms with Crippen LogP contribution in [0.5, 0.6) is 0 Å². The van der Waals surface area contributed by atoms with E-state index >= 15 is 17.6 Å². The normalized spacial score (nSPS) is 29.8. The summed E-state index contributed by atoms with van der Waals surface area (Å²) in [5.41, 5.74) is 0.450. The summed E-state index contributed by atoms with van der Waals surface area (Å²) in [4.78, 5) is 47.4. The molecular formula is C71H64F10O8. The van der Waals surface area contributed by atoms with Gasteiger partial charge in [0.15, 0.2) is 11.6 Å². The SMILES string of the molecule is COC(=O)c1cccc(C#Cc2ccc([C@H]3C[C@@]4(C)[C@@H](CC[C@@]4(O)C(F)(F)C(F)(F)F)[C@@H]4CCC5=CC(=O)CCC5=C43)cc2)c1.C[C@]12C[C@H](c3ccc(C#Cc4ccc(C(=O)O)cc4)cc3)C3=C4CCC(=O)C=C4CC[C@H]3[C@@H]1CC[C@@]2(O)C(F)(F)C(F)(F)F. The van der Waals surface area contributed by atoms with Crippen molar-refractivity contribution in [3.8, 4) is 23.7 Å². The number of hydrogen-bond donors (Lipinski definition) is 3. The van der Waals surface area contributed by atoms with Crippen molar-refractivity contribution in [3.63, 3.8) is 0 Å². The van der Waals surface area contributed by atoms with E-state index in [1.165, 1.54) is 33.1 Å². The lowest BCUT2D eigenvalue weighted by molar-refractivity contribution is -0.362. The van der Waals surface area contributed by atoms with Crippen molar-refractivity contribution in [2.24, 2.45) is 34.5 Å². The summed E-state index contributed by atoms with van der Waals surface area (Å²) < 4.78 is 148. The van der Waals surface area contributed by atoms with E-state index in [-0.39, 0.29) is 54.6 Å². The molecule has 4 fully saturated rings. The fraction of sp³-hybridized carbons (Fsp3) is 0.437. The highest BCUT2D eigenvalue weighted by atomic mass is 19.4. The molecule has 0 radical (unpaired) electrons. The van der Waals surface area contributed by atoms with Crippen LogP contribution in [-0.4, -0.2) is 81.3 Å². The number of benzene rings is 4. The highest BCUT2D eigenvalue weighted by Crippen LogP contribution is 2.72. The van der Waals surface area contributed by atoms with Crippen molar-refractivity contribution in [2.45, 2.75) is 151 Å². The van der Waals surface area contributed by atoms with Gasteiger partial charge in [0, 0.05) is 57.8 Å². The van der Waals surface area contributed by atoms with E-state index in [1.54, 1.807) is 84.9 Å². The maximum Gasteiger partial charge on any atom is 0.456 e. The molecule has 4 aromatic carbocycles. The van der Waals surface area contributed by atoms with Crippen LogP contribution in [0.15, 0.2) is 143 Å². The van der Waals surface area contributed by atoms with Crippen LogP contribution in [0, 0.1) is 58.2 Å². The Morgan fingerprint density at radius 2 is 0.910 bits per heavy atom. The summed E-state index contributed by atoms with van der Waals surface area (Å²) in [6.45, 7) is 2.82. The van der Waals surface area contributed by atoms with Crippen molar-refractivity contribution in [1.29, 1.82) is 0 Å². The topological polar surface area (TPSA) is 138 Å². The van der Waals surface area contributed by atoms with Crippen LogP contribution in [0.4, 0.5) is 43.9 Å². The number of carboxylic acid groups (broad SMARTS) is 1. The van der Waals surface area contributed by atoms with Gasteiger partial charge >= 0.3 is 36.1 Å². The van der Waals surface area contributed by atoms with Gasteiger partial charge in [0.05, 0.1) is 18.2 Å².